The Morgan fingerprint density at radius 1 is 1.35 bits per heavy atom. The topological polar surface area (TPSA) is 133 Å². The molecule has 0 atom stereocenters. The van der Waals surface area contributed by atoms with E-state index < -0.39 is 6.09 Å². The van der Waals surface area contributed by atoms with Crippen molar-refractivity contribution >= 4 is 18.7 Å². The van der Waals surface area contributed by atoms with Crippen molar-refractivity contribution < 1.29 is 9.53 Å². The van der Waals surface area contributed by atoms with Crippen LogP contribution in [-0.4, -0.2) is 30.8 Å². The molecule has 0 fully saturated rings. The molecule has 0 aliphatic carbocycles. The molecule has 0 spiro atoms. The molecule has 0 saturated heterocycles. The van der Waals surface area contributed by atoms with Crippen molar-refractivity contribution in [1.29, 1.82) is 5.26 Å². The molecule has 9 nitrogen and oxygen atoms in total. The van der Waals surface area contributed by atoms with Crippen molar-refractivity contribution in [2.45, 2.75) is 11.9 Å². The van der Waals surface area contributed by atoms with Crippen molar-refractivity contribution in [2.24, 2.45) is 12.8 Å². The number of nitrogens with zero attached hydrogens (tertiary/aromatic N) is 6. The molecule has 2 N–H and O–H groups in total. The lowest BCUT2D eigenvalue weighted by molar-refractivity contribution is 0.207. The molecule has 10 heteroatoms. The first-order valence-corrected chi connectivity index (χ1v) is 7.78. The molecule has 3 heterocycles. The molecule has 3 aromatic rings. The minimum atomic E-state index is -0.999. The van der Waals surface area contributed by atoms with Gasteiger partial charge in [0.15, 0.2) is 0 Å². The first-order chi connectivity index (χ1) is 12.4. The number of amides is 1. The maximum atomic E-state index is 10.7. The fourth-order valence-electron chi connectivity index (χ4n) is 2.46. The number of pyridine rings is 1. The predicted octanol–water partition coefficient (Wildman–Crippen LogP) is 1.87. The third-order valence-electron chi connectivity index (χ3n) is 3.53. The molecule has 0 aromatic carbocycles. The molecule has 0 unspecified atom stereocenters. The molecule has 0 aliphatic heterocycles. The highest BCUT2D eigenvalue weighted by Gasteiger charge is 2.17. The predicted molar refractivity (Wildman–Crippen MR) is 94.4 cm³/mol. The van der Waals surface area contributed by atoms with Crippen LogP contribution < -0.4 is 10.5 Å². The van der Waals surface area contributed by atoms with Gasteiger partial charge in [0.1, 0.15) is 11.1 Å². The first-order valence-electron chi connectivity index (χ1n) is 7.33. The maximum absolute atomic E-state index is 10.7. The van der Waals surface area contributed by atoms with E-state index in [0.717, 1.165) is 11.3 Å². The number of nitriles is 1. The second kappa shape index (κ2) is 6.81. The molecule has 130 valence electrons. The summed E-state index contributed by atoms with van der Waals surface area (Å²) < 4.78 is 6.27. The highest BCUT2D eigenvalue weighted by molar-refractivity contribution is 7.80. The monoisotopic (exact) mass is 367 g/mol. The summed E-state index contributed by atoms with van der Waals surface area (Å²) in [6.45, 7) is 1.86. The molecule has 0 bridgehead atoms. The van der Waals surface area contributed by atoms with Crippen molar-refractivity contribution in [3.63, 3.8) is 0 Å². The smallest absolute Gasteiger partial charge is 0.374 e. The number of primary amides is 1. The van der Waals surface area contributed by atoms with E-state index in [0.29, 0.717) is 22.4 Å². The van der Waals surface area contributed by atoms with E-state index in [9.17, 15) is 10.1 Å². The number of ether oxygens (including phenoxy) is 1. The van der Waals surface area contributed by atoms with Crippen molar-refractivity contribution in [3.05, 3.63) is 35.9 Å². The van der Waals surface area contributed by atoms with E-state index in [1.54, 1.807) is 17.8 Å². The van der Waals surface area contributed by atoms with E-state index in [2.05, 4.69) is 43.5 Å². The van der Waals surface area contributed by atoms with Gasteiger partial charge in [-0.3, -0.25) is 4.68 Å². The van der Waals surface area contributed by atoms with Crippen LogP contribution in [0.15, 0.2) is 29.7 Å². The Kier molecular flexibility index (Phi) is 4.55. The number of aryl methyl sites for hydroxylation is 2. The van der Waals surface area contributed by atoms with Crippen LogP contribution in [0, 0.1) is 18.3 Å². The van der Waals surface area contributed by atoms with E-state index in [4.69, 9.17) is 5.73 Å². The Bertz CT molecular complexity index is 1040. The van der Waals surface area contributed by atoms with Crippen LogP contribution >= 0.6 is 12.6 Å². The van der Waals surface area contributed by atoms with Gasteiger partial charge < -0.3 is 10.5 Å². The summed E-state index contributed by atoms with van der Waals surface area (Å²) in [7, 11) is 1.80. The number of carbonyl (C=O) groups is 1. The summed E-state index contributed by atoms with van der Waals surface area (Å²) in [6, 6.07) is 3.71. The van der Waals surface area contributed by atoms with Gasteiger partial charge in [0.25, 0.3) is 0 Å². The lowest BCUT2D eigenvalue weighted by Crippen LogP contribution is -2.17. The highest BCUT2D eigenvalue weighted by atomic mass is 32.1. The van der Waals surface area contributed by atoms with Crippen LogP contribution in [0.1, 0.15) is 11.3 Å². The Morgan fingerprint density at radius 3 is 2.58 bits per heavy atom. The lowest BCUT2D eigenvalue weighted by atomic mass is 10.0. The third kappa shape index (κ3) is 3.33. The molecular weight excluding hydrogens is 354 g/mol. The molecule has 1 amide bonds. The molecule has 0 saturated carbocycles. The normalized spacial score (nSPS) is 10.4. The summed E-state index contributed by atoms with van der Waals surface area (Å²) in [4.78, 5) is 22.9. The molecule has 0 radical (unpaired) electrons. The van der Waals surface area contributed by atoms with Crippen LogP contribution in [-0.2, 0) is 7.05 Å². The fraction of sp³-hybridized carbons (Fsp3) is 0.125. The summed E-state index contributed by atoms with van der Waals surface area (Å²) in [5.41, 5.74) is 8.58. The SMILES string of the molecule is Cc1nn(C)cc1-c1cc(-c2cnc(OC(N)=O)nc2)nc(S)c1C#N. The molecular formula is C16H13N7O2S. The average Bonchev–Trinajstić information content (AvgIpc) is 2.92. The standard InChI is InChI=1S/C16H13N7O2S/c1-8-12(7-23(2)22-8)10-3-13(21-14(26)11(10)4-17)9-5-19-16(20-6-9)25-15(18)24/h3,5-7H,1-2H3,(H2,18,24)(H,21,26). The number of nitrogens with two attached hydrogens (primary N) is 1. The quantitative estimate of drug-likeness (QED) is 0.675. The van der Waals surface area contributed by atoms with Crippen molar-refractivity contribution in [3.8, 4) is 34.5 Å². The zero-order valence-corrected chi connectivity index (χ0v) is 14.7. The molecule has 26 heavy (non-hydrogen) atoms. The van der Waals surface area contributed by atoms with Gasteiger partial charge in [-0.25, -0.2) is 19.7 Å². The van der Waals surface area contributed by atoms with Crippen LogP contribution in [0.4, 0.5) is 4.79 Å². The average molecular weight is 367 g/mol. The summed E-state index contributed by atoms with van der Waals surface area (Å²) in [5.74, 6) is 0. The number of hydrogen-bond donors (Lipinski definition) is 2. The maximum Gasteiger partial charge on any atom is 0.412 e. The van der Waals surface area contributed by atoms with Gasteiger partial charge in [0.2, 0.25) is 0 Å². The Hall–Kier alpha value is -3.45. The lowest BCUT2D eigenvalue weighted by Gasteiger charge is -2.09. The van der Waals surface area contributed by atoms with Crippen molar-refractivity contribution in [1.82, 2.24) is 24.7 Å². The Balaban J connectivity index is 2.11. The number of hydrogen-bond acceptors (Lipinski definition) is 8. The van der Waals surface area contributed by atoms with Crippen LogP contribution in [0.5, 0.6) is 6.01 Å². The summed E-state index contributed by atoms with van der Waals surface area (Å²) >= 11 is 4.34. The Labute approximate surface area is 153 Å². The van der Waals surface area contributed by atoms with E-state index >= 15 is 0 Å². The van der Waals surface area contributed by atoms with Crippen LogP contribution in [0.3, 0.4) is 0 Å². The van der Waals surface area contributed by atoms with Gasteiger partial charge in [-0.05, 0) is 13.0 Å². The minimum Gasteiger partial charge on any atom is -0.374 e. The van der Waals surface area contributed by atoms with Gasteiger partial charge in [-0.15, -0.1) is 12.6 Å². The fourth-order valence-corrected chi connectivity index (χ4v) is 2.74. The number of rotatable bonds is 3. The second-order valence-corrected chi connectivity index (χ2v) is 5.77. The van der Waals surface area contributed by atoms with Gasteiger partial charge in [0.05, 0.1) is 17.0 Å². The van der Waals surface area contributed by atoms with Gasteiger partial charge in [-0.1, -0.05) is 0 Å². The van der Waals surface area contributed by atoms with E-state index in [1.807, 2.05) is 13.1 Å². The summed E-state index contributed by atoms with van der Waals surface area (Å²) in [6.07, 6.45) is 3.70. The minimum absolute atomic E-state index is 0.163. The zero-order valence-electron chi connectivity index (χ0n) is 13.8. The molecule has 3 rings (SSSR count). The Morgan fingerprint density at radius 2 is 2.04 bits per heavy atom. The largest absolute Gasteiger partial charge is 0.412 e. The van der Waals surface area contributed by atoms with Crippen molar-refractivity contribution in [2.75, 3.05) is 0 Å². The number of thiol groups is 1. The van der Waals surface area contributed by atoms with Gasteiger partial charge in [-0.2, -0.15) is 10.4 Å². The zero-order chi connectivity index (χ0) is 18.8. The second-order valence-electron chi connectivity index (χ2n) is 5.34. The summed E-state index contributed by atoms with van der Waals surface area (Å²) in [5, 5.41) is 14.1. The van der Waals surface area contributed by atoms with E-state index in [1.165, 1.54) is 12.4 Å². The van der Waals surface area contributed by atoms with Gasteiger partial charge >= 0.3 is 12.1 Å². The van der Waals surface area contributed by atoms with Gasteiger partial charge in [0, 0.05) is 42.3 Å². The third-order valence-corrected chi connectivity index (χ3v) is 3.86. The first kappa shape index (κ1) is 17.4. The molecule has 3 aromatic heterocycles. The highest BCUT2D eigenvalue weighted by Crippen LogP contribution is 2.32. The number of aromatic nitrogens is 5. The van der Waals surface area contributed by atoms with E-state index in [-0.39, 0.29) is 11.0 Å². The number of carbonyl (C=O) groups excluding carboxylic acids is 1. The molecule has 0 aliphatic rings. The van der Waals surface area contributed by atoms with Crippen LogP contribution in [0.2, 0.25) is 0 Å². The van der Waals surface area contributed by atoms with Crippen LogP contribution in [0.25, 0.3) is 22.4 Å².